The van der Waals surface area contributed by atoms with Gasteiger partial charge >= 0.3 is 6.18 Å². The third kappa shape index (κ3) is 4.18. The summed E-state index contributed by atoms with van der Waals surface area (Å²) < 4.78 is 41.7. The molecule has 4 N–H and O–H groups in total. The van der Waals surface area contributed by atoms with E-state index in [4.69, 9.17) is 0 Å². The van der Waals surface area contributed by atoms with E-state index in [1.807, 2.05) is 0 Å². The van der Waals surface area contributed by atoms with Crippen LogP contribution in [0.5, 0.6) is 0 Å². The molecule has 1 unspecified atom stereocenters. The zero-order valence-electron chi connectivity index (χ0n) is 16.3. The molecule has 0 bridgehead atoms. The lowest BCUT2D eigenvalue weighted by molar-refractivity contribution is -0.140. The summed E-state index contributed by atoms with van der Waals surface area (Å²) >= 11 is 0. The SMILES string of the molecule is Cn1cc(NC(=O)c2cnn3ccc(N[C@@H]4CCCC(O)[C@@H]4O)nc23)c(C(F)(F)F)n1. The number of hydrogen-bond donors (Lipinski definition) is 4. The number of hydrogen-bond acceptors (Lipinski definition) is 7. The van der Waals surface area contributed by atoms with Gasteiger partial charge in [0.15, 0.2) is 11.3 Å². The number of aryl methyl sites for hydroxylation is 1. The lowest BCUT2D eigenvalue weighted by atomic mass is 9.90. The number of anilines is 2. The molecule has 3 aromatic heterocycles. The topological polar surface area (TPSA) is 130 Å². The Morgan fingerprint density at radius 1 is 1.29 bits per heavy atom. The molecule has 4 rings (SSSR count). The lowest BCUT2D eigenvalue weighted by Crippen LogP contribution is -2.45. The maximum atomic E-state index is 13.1. The lowest BCUT2D eigenvalue weighted by Gasteiger charge is -2.32. The highest BCUT2D eigenvalue weighted by molar-refractivity contribution is 6.08. The normalized spacial score (nSPS) is 21.9. The van der Waals surface area contributed by atoms with Crippen LogP contribution in [-0.2, 0) is 13.2 Å². The maximum absolute atomic E-state index is 13.1. The number of nitrogens with zero attached hydrogens (tertiary/aromatic N) is 5. The zero-order valence-corrected chi connectivity index (χ0v) is 16.3. The fourth-order valence-corrected chi connectivity index (χ4v) is 3.59. The highest BCUT2D eigenvalue weighted by Crippen LogP contribution is 2.33. The molecule has 166 valence electrons. The standard InChI is InChI=1S/C18H20F3N7O3/c1-27-8-11(15(26-27)18(19,20)21)24-17(31)9-7-22-28-6-5-13(25-16(9)28)23-10-3-2-4-12(29)14(10)30/h5-8,10,12,14,29-30H,2-4H2,1H3,(H,23,25)(H,24,31)/t10-,12?,14-/m1/s1. The molecular formula is C18H20F3N7O3. The summed E-state index contributed by atoms with van der Waals surface area (Å²) in [5, 5.41) is 32.6. The predicted octanol–water partition coefficient (Wildman–Crippen LogP) is 1.42. The number of amides is 1. The Bertz CT molecular complexity index is 1110. The van der Waals surface area contributed by atoms with Crippen LogP contribution in [0, 0.1) is 0 Å². The first-order valence-corrected chi connectivity index (χ1v) is 9.52. The molecule has 1 saturated carbocycles. The van der Waals surface area contributed by atoms with E-state index in [-0.39, 0.29) is 11.2 Å². The van der Waals surface area contributed by atoms with Crippen molar-refractivity contribution in [3.8, 4) is 0 Å². The molecule has 31 heavy (non-hydrogen) atoms. The highest BCUT2D eigenvalue weighted by Gasteiger charge is 2.38. The van der Waals surface area contributed by atoms with Gasteiger partial charge in [0, 0.05) is 19.4 Å². The van der Waals surface area contributed by atoms with Crippen LogP contribution in [0.15, 0.2) is 24.7 Å². The van der Waals surface area contributed by atoms with Crippen LogP contribution in [0.4, 0.5) is 24.7 Å². The van der Waals surface area contributed by atoms with E-state index >= 15 is 0 Å². The number of aliphatic hydroxyl groups is 2. The van der Waals surface area contributed by atoms with Crippen LogP contribution >= 0.6 is 0 Å². The average molecular weight is 439 g/mol. The summed E-state index contributed by atoms with van der Waals surface area (Å²) in [6, 6.07) is 1.15. The smallest absolute Gasteiger partial charge is 0.390 e. The number of rotatable bonds is 4. The highest BCUT2D eigenvalue weighted by atomic mass is 19.4. The largest absolute Gasteiger partial charge is 0.437 e. The van der Waals surface area contributed by atoms with E-state index in [9.17, 15) is 28.2 Å². The van der Waals surface area contributed by atoms with Gasteiger partial charge in [0.2, 0.25) is 0 Å². The minimum Gasteiger partial charge on any atom is -0.390 e. The first-order chi connectivity index (χ1) is 14.6. The average Bonchev–Trinajstić information content (AvgIpc) is 3.28. The van der Waals surface area contributed by atoms with Crippen LogP contribution in [0.2, 0.25) is 0 Å². The van der Waals surface area contributed by atoms with E-state index in [1.165, 1.54) is 24.0 Å². The molecule has 1 aliphatic carbocycles. The molecule has 3 heterocycles. The van der Waals surface area contributed by atoms with E-state index in [1.54, 1.807) is 6.07 Å². The van der Waals surface area contributed by atoms with E-state index in [0.717, 1.165) is 17.3 Å². The van der Waals surface area contributed by atoms with Crippen molar-refractivity contribution in [2.24, 2.45) is 7.05 Å². The summed E-state index contributed by atoms with van der Waals surface area (Å²) in [7, 11) is 1.32. The molecular weight excluding hydrogens is 419 g/mol. The number of carbonyl (C=O) groups is 1. The van der Waals surface area contributed by atoms with Crippen LogP contribution in [0.25, 0.3) is 5.65 Å². The van der Waals surface area contributed by atoms with E-state index in [2.05, 4.69) is 25.8 Å². The number of alkyl halides is 3. The van der Waals surface area contributed by atoms with Gasteiger partial charge in [0.25, 0.3) is 5.91 Å². The Balaban J connectivity index is 1.59. The van der Waals surface area contributed by atoms with Gasteiger partial charge in [-0.05, 0) is 25.3 Å². The molecule has 0 spiro atoms. The third-order valence-electron chi connectivity index (χ3n) is 5.11. The van der Waals surface area contributed by atoms with Crippen LogP contribution in [-0.4, -0.2) is 58.7 Å². The van der Waals surface area contributed by atoms with E-state index < -0.39 is 41.7 Å². The second-order valence-corrected chi connectivity index (χ2v) is 7.40. The number of fused-ring (bicyclic) bond motifs is 1. The van der Waals surface area contributed by atoms with Crippen LogP contribution < -0.4 is 10.6 Å². The molecule has 0 radical (unpaired) electrons. The quantitative estimate of drug-likeness (QED) is 0.484. The van der Waals surface area contributed by atoms with Gasteiger partial charge in [-0.25, -0.2) is 9.50 Å². The minimum absolute atomic E-state index is 0.0372. The number of aliphatic hydroxyl groups excluding tert-OH is 2. The first-order valence-electron chi connectivity index (χ1n) is 9.52. The minimum atomic E-state index is -4.73. The van der Waals surface area contributed by atoms with E-state index in [0.29, 0.717) is 18.7 Å². The summed E-state index contributed by atoms with van der Waals surface area (Å²) in [6.45, 7) is 0. The molecule has 0 saturated heterocycles. The van der Waals surface area contributed by atoms with Crippen molar-refractivity contribution >= 4 is 23.1 Å². The van der Waals surface area contributed by atoms with Gasteiger partial charge in [-0.2, -0.15) is 23.4 Å². The summed E-state index contributed by atoms with van der Waals surface area (Å²) in [5.41, 5.74) is -1.61. The van der Waals surface area contributed by atoms with Gasteiger partial charge in [-0.3, -0.25) is 9.48 Å². The van der Waals surface area contributed by atoms with Crippen molar-refractivity contribution < 1.29 is 28.2 Å². The monoisotopic (exact) mass is 439 g/mol. The fraction of sp³-hybridized carbons (Fsp3) is 0.444. The fourth-order valence-electron chi connectivity index (χ4n) is 3.59. The van der Waals surface area contributed by atoms with Crippen molar-refractivity contribution in [2.75, 3.05) is 10.6 Å². The summed E-state index contributed by atoms with van der Waals surface area (Å²) in [6.07, 6.45) is -0.895. The molecule has 1 fully saturated rings. The second-order valence-electron chi connectivity index (χ2n) is 7.40. The molecule has 1 aliphatic rings. The Labute approximate surface area is 173 Å². The molecule has 3 atom stereocenters. The number of nitrogens with one attached hydrogen (secondary N) is 2. The van der Waals surface area contributed by atoms with Crippen molar-refractivity contribution in [2.45, 2.75) is 43.7 Å². The van der Waals surface area contributed by atoms with Gasteiger partial charge in [-0.15, -0.1) is 0 Å². The van der Waals surface area contributed by atoms with Crippen LogP contribution in [0.1, 0.15) is 35.3 Å². The molecule has 1 amide bonds. The molecule has 0 aromatic carbocycles. The molecule has 10 nitrogen and oxygen atoms in total. The number of halogens is 3. The Morgan fingerprint density at radius 2 is 2.06 bits per heavy atom. The van der Waals surface area contributed by atoms with Crippen molar-refractivity contribution in [3.63, 3.8) is 0 Å². The van der Waals surface area contributed by atoms with Crippen molar-refractivity contribution in [1.82, 2.24) is 24.4 Å². The number of carbonyl (C=O) groups excluding carboxylic acids is 1. The Hall–Kier alpha value is -3.19. The molecule has 0 aliphatic heterocycles. The molecule has 13 heteroatoms. The zero-order chi connectivity index (χ0) is 22.3. The van der Waals surface area contributed by atoms with Crippen molar-refractivity contribution in [1.29, 1.82) is 0 Å². The second kappa shape index (κ2) is 7.81. The van der Waals surface area contributed by atoms with Gasteiger partial charge < -0.3 is 20.8 Å². The Morgan fingerprint density at radius 3 is 2.81 bits per heavy atom. The summed E-state index contributed by atoms with van der Waals surface area (Å²) in [4.78, 5) is 17.0. The van der Waals surface area contributed by atoms with Gasteiger partial charge in [-0.1, -0.05) is 0 Å². The van der Waals surface area contributed by atoms with Crippen molar-refractivity contribution in [3.05, 3.63) is 35.9 Å². The first kappa shape index (κ1) is 21.1. The van der Waals surface area contributed by atoms with Gasteiger partial charge in [0.1, 0.15) is 11.4 Å². The molecule has 3 aromatic rings. The van der Waals surface area contributed by atoms with Gasteiger partial charge in [0.05, 0.1) is 30.1 Å². The Kier molecular flexibility index (Phi) is 5.31. The number of aromatic nitrogens is 5. The van der Waals surface area contributed by atoms with Crippen LogP contribution in [0.3, 0.4) is 0 Å². The predicted molar refractivity (Wildman–Crippen MR) is 102 cm³/mol. The maximum Gasteiger partial charge on any atom is 0.437 e. The summed E-state index contributed by atoms with van der Waals surface area (Å²) in [5.74, 6) is -0.496. The third-order valence-corrected chi connectivity index (χ3v) is 5.11.